The van der Waals surface area contributed by atoms with Crippen LogP contribution in [0.4, 0.5) is 0 Å². The number of hydrogen-bond acceptors (Lipinski definition) is 0. The first-order valence-electron chi connectivity index (χ1n) is 4.61. The Kier molecular flexibility index (Phi) is 39.5. The van der Waals surface area contributed by atoms with Crippen LogP contribution in [0.2, 0.25) is 0 Å². The zero-order valence-electron chi connectivity index (χ0n) is 11.7. The zero-order chi connectivity index (χ0) is 10.8. The van der Waals surface area contributed by atoms with Gasteiger partial charge in [-0.3, -0.25) is 12.2 Å². The van der Waals surface area contributed by atoms with Gasteiger partial charge in [-0.15, -0.1) is 51.5 Å². The topological polar surface area (TPSA) is 0 Å². The first-order valence-corrected chi connectivity index (χ1v) is 10.5. The molecule has 0 aromatic carbocycles. The average Bonchev–Trinajstić information content (AvgIpc) is 2.83. The molecule has 0 heterocycles. The van der Waals surface area contributed by atoms with Crippen molar-refractivity contribution in [3.8, 4) is 0 Å². The number of halogens is 2. The fourth-order valence-electron chi connectivity index (χ4n) is 0.998. The molecule has 0 aromatic rings. The van der Waals surface area contributed by atoms with E-state index in [-0.39, 0.29) is 39.7 Å². The third-order valence-electron chi connectivity index (χ3n) is 1.74. The molecular formula is C14H24Cl2SiZr-4. The summed E-state index contributed by atoms with van der Waals surface area (Å²) in [5, 5.41) is 0. The molecule has 0 saturated heterocycles. The van der Waals surface area contributed by atoms with Gasteiger partial charge in [0.05, 0.1) is 0 Å². The summed E-state index contributed by atoms with van der Waals surface area (Å²) in [6.45, 7) is 6.12. The van der Waals surface area contributed by atoms with E-state index in [1.165, 1.54) is 11.1 Å². The van der Waals surface area contributed by atoms with E-state index in [1.807, 2.05) is 19.0 Å². The second kappa shape index (κ2) is 22.8. The van der Waals surface area contributed by atoms with Crippen molar-refractivity contribution in [2.45, 2.75) is 26.7 Å². The van der Waals surface area contributed by atoms with Crippen LogP contribution in [0, 0.1) is 27.0 Å². The van der Waals surface area contributed by atoms with Gasteiger partial charge in [-0.2, -0.15) is 12.2 Å². The molecule has 0 aliphatic heterocycles. The summed E-state index contributed by atoms with van der Waals surface area (Å²) < 4.78 is 0. The van der Waals surface area contributed by atoms with Crippen molar-refractivity contribution in [3.63, 3.8) is 0 Å². The molecule has 0 nitrogen and oxygen atoms in total. The Morgan fingerprint density at radius 3 is 1.22 bits per heavy atom. The zero-order valence-corrected chi connectivity index (χ0v) is 17.3. The molecule has 0 N–H and O–H groups in total. The molecule has 0 unspecified atom stereocenters. The fourth-order valence-corrected chi connectivity index (χ4v) is 0.998. The summed E-state index contributed by atoms with van der Waals surface area (Å²) in [6.07, 6.45) is 16.5. The SMILES string of the molecule is CC1=CC[C-]=C1.CC1=CC[C-]=C1.Cl.Cl.[CH3-].[CH3-].[SiH2]=[Zr]. The molecule has 0 saturated carbocycles. The van der Waals surface area contributed by atoms with Crippen molar-refractivity contribution in [1.82, 2.24) is 0 Å². The van der Waals surface area contributed by atoms with Gasteiger partial charge in [-0.05, 0) is 0 Å². The second-order valence-corrected chi connectivity index (χ2v) is 3.00. The number of rotatable bonds is 0. The predicted octanol–water partition coefficient (Wildman–Crippen LogP) is 4.22. The molecule has 0 spiro atoms. The summed E-state index contributed by atoms with van der Waals surface area (Å²) in [4.78, 5) is 0. The van der Waals surface area contributed by atoms with Crippen LogP contribution in [0.5, 0.6) is 0 Å². The van der Waals surface area contributed by atoms with Gasteiger partial charge in [-0.1, -0.05) is 0 Å². The van der Waals surface area contributed by atoms with E-state index in [9.17, 15) is 0 Å². The van der Waals surface area contributed by atoms with Crippen LogP contribution < -0.4 is 0 Å². The maximum atomic E-state index is 3.05. The molecule has 2 rings (SSSR count). The predicted molar refractivity (Wildman–Crippen MR) is 88.2 cm³/mol. The molecule has 2 aliphatic rings. The van der Waals surface area contributed by atoms with Crippen LogP contribution in [0.3, 0.4) is 0 Å². The molecule has 0 bridgehead atoms. The Morgan fingerprint density at radius 2 is 1.17 bits per heavy atom. The van der Waals surface area contributed by atoms with E-state index in [0.717, 1.165) is 12.8 Å². The van der Waals surface area contributed by atoms with Crippen molar-refractivity contribution in [1.29, 1.82) is 0 Å². The van der Waals surface area contributed by atoms with E-state index in [2.05, 4.69) is 38.2 Å². The minimum atomic E-state index is 0. The van der Waals surface area contributed by atoms with Crippen LogP contribution in [0.15, 0.2) is 35.5 Å². The van der Waals surface area contributed by atoms with Gasteiger partial charge in [0.15, 0.2) is 0 Å². The maximum absolute atomic E-state index is 3.05. The Labute approximate surface area is 143 Å². The Balaban J connectivity index is -0.0000000460. The van der Waals surface area contributed by atoms with Gasteiger partial charge in [0.25, 0.3) is 0 Å². The average molecular weight is 383 g/mol. The normalized spacial score (nSPS) is 12.5. The molecule has 106 valence electrons. The van der Waals surface area contributed by atoms with E-state index in [1.54, 1.807) is 23.3 Å². The molecule has 2 aliphatic carbocycles. The molecule has 0 atom stereocenters. The summed E-state index contributed by atoms with van der Waals surface area (Å²) in [5.41, 5.74) is 2.69. The summed E-state index contributed by atoms with van der Waals surface area (Å²) >= 11 is 1.58. The van der Waals surface area contributed by atoms with Crippen molar-refractivity contribution >= 4 is 31.7 Å². The van der Waals surface area contributed by atoms with E-state index in [0.29, 0.717) is 0 Å². The van der Waals surface area contributed by atoms with Gasteiger partial charge in [0.1, 0.15) is 0 Å². The van der Waals surface area contributed by atoms with Crippen molar-refractivity contribution < 1.29 is 23.3 Å². The van der Waals surface area contributed by atoms with Crippen LogP contribution >= 0.6 is 24.8 Å². The molecule has 0 amide bonds. The Morgan fingerprint density at radius 1 is 0.889 bits per heavy atom. The van der Waals surface area contributed by atoms with Gasteiger partial charge in [-0.25, -0.2) is 23.3 Å². The fraction of sp³-hybridized carbons (Fsp3) is 0.286. The van der Waals surface area contributed by atoms with Gasteiger partial charge in [0, 0.05) is 0 Å². The first-order chi connectivity index (χ1) is 6.79. The van der Waals surface area contributed by atoms with Crippen LogP contribution in [-0.2, 0) is 23.3 Å². The van der Waals surface area contributed by atoms with E-state index >= 15 is 0 Å². The van der Waals surface area contributed by atoms with Crippen LogP contribution in [0.25, 0.3) is 0 Å². The molecule has 4 heteroatoms. The molecule has 18 heavy (non-hydrogen) atoms. The summed E-state index contributed by atoms with van der Waals surface area (Å²) in [7, 11) is 0. The molecular weight excluding hydrogens is 358 g/mol. The third-order valence-corrected chi connectivity index (χ3v) is 1.74. The van der Waals surface area contributed by atoms with Crippen molar-refractivity contribution in [2.75, 3.05) is 0 Å². The summed E-state index contributed by atoms with van der Waals surface area (Å²) in [5.74, 6) is 0. The minimum absolute atomic E-state index is 0. The van der Waals surface area contributed by atoms with Crippen LogP contribution in [-0.4, -0.2) is 6.88 Å². The molecule has 0 radical (unpaired) electrons. The molecule has 0 fully saturated rings. The van der Waals surface area contributed by atoms with Gasteiger partial charge < -0.3 is 14.9 Å². The Bertz CT molecular complexity index is 248. The third kappa shape index (κ3) is 19.0. The van der Waals surface area contributed by atoms with Crippen LogP contribution in [0.1, 0.15) is 26.7 Å². The second-order valence-electron chi connectivity index (χ2n) is 3.00. The number of allylic oxidation sites excluding steroid dienone is 8. The molecule has 0 aromatic heterocycles. The first kappa shape index (κ1) is 31.2. The van der Waals surface area contributed by atoms with Crippen molar-refractivity contribution in [3.05, 3.63) is 62.5 Å². The monoisotopic (exact) mass is 380 g/mol. The van der Waals surface area contributed by atoms with Gasteiger partial charge in [0.2, 0.25) is 0 Å². The van der Waals surface area contributed by atoms with Crippen molar-refractivity contribution in [2.24, 2.45) is 0 Å². The van der Waals surface area contributed by atoms with E-state index in [4.69, 9.17) is 0 Å². The Hall–Kier alpha value is 0.640. The summed E-state index contributed by atoms with van der Waals surface area (Å²) in [6, 6.07) is 0. The van der Waals surface area contributed by atoms with E-state index < -0.39 is 0 Å². The quantitative estimate of drug-likeness (QED) is 0.435. The number of hydrogen-bond donors (Lipinski definition) is 0. The van der Waals surface area contributed by atoms with Gasteiger partial charge >= 0.3 is 30.2 Å². The standard InChI is InChI=1S/2C6H7.2CH3.2ClH.H2Si.Zr/c2*1-6-4-2-3-5-6;;;;;;/h2*4-5H,2H2,1H3;2*1H3;2*1H;1H2;/q4*-1;;;;.